The lowest BCUT2D eigenvalue weighted by Gasteiger charge is -2.15. The highest BCUT2D eigenvalue weighted by molar-refractivity contribution is 5.94. The van der Waals surface area contributed by atoms with Gasteiger partial charge in [0.25, 0.3) is 5.91 Å². The van der Waals surface area contributed by atoms with Crippen molar-refractivity contribution >= 4 is 5.91 Å². The Morgan fingerprint density at radius 3 is 2.30 bits per heavy atom. The van der Waals surface area contributed by atoms with E-state index in [9.17, 15) is 18.0 Å². The Balaban J connectivity index is 2.56. The molecule has 1 unspecified atom stereocenters. The van der Waals surface area contributed by atoms with Crippen molar-refractivity contribution < 1.29 is 23.1 Å². The quantitative estimate of drug-likeness (QED) is 0.862. The van der Waals surface area contributed by atoms with Crippen molar-refractivity contribution in [2.75, 3.05) is 20.6 Å². The molecule has 1 aromatic carbocycles. The van der Waals surface area contributed by atoms with Crippen LogP contribution in [-0.2, 0) is 6.54 Å². The number of hydrogen-bond donors (Lipinski definition) is 2. The maximum absolute atomic E-state index is 12.1. The summed E-state index contributed by atoms with van der Waals surface area (Å²) in [5.74, 6) is -0.648. The van der Waals surface area contributed by atoms with Gasteiger partial charge in [0.05, 0.1) is 6.54 Å². The number of halogens is 3. The van der Waals surface area contributed by atoms with Crippen LogP contribution in [0.1, 0.15) is 15.9 Å². The summed E-state index contributed by atoms with van der Waals surface area (Å²) in [4.78, 5) is 13.6. The predicted octanol–water partition coefficient (Wildman–Crippen LogP) is 1.40. The van der Waals surface area contributed by atoms with Crippen LogP contribution >= 0.6 is 0 Å². The second kappa shape index (κ2) is 6.71. The molecule has 7 heteroatoms. The number of carbonyl (C=O) groups excluding carboxylic acids is 1. The maximum atomic E-state index is 12.1. The second-order valence-electron chi connectivity index (χ2n) is 4.70. The molecule has 0 aromatic heterocycles. The molecule has 0 radical (unpaired) electrons. The molecule has 0 spiro atoms. The molecule has 0 aliphatic heterocycles. The minimum Gasteiger partial charge on any atom is -0.382 e. The number of aliphatic hydroxyl groups is 1. The molecule has 112 valence electrons. The fraction of sp³-hybridized carbons (Fsp3) is 0.462. The van der Waals surface area contributed by atoms with Crippen molar-refractivity contribution in [2.24, 2.45) is 0 Å². The van der Waals surface area contributed by atoms with Gasteiger partial charge in [0.1, 0.15) is 0 Å². The number of carbonyl (C=O) groups is 1. The second-order valence-corrected chi connectivity index (χ2v) is 4.70. The number of nitrogens with zero attached hydrogens (tertiary/aromatic N) is 1. The normalized spacial score (nSPS) is 13.3. The largest absolute Gasteiger partial charge is 0.416 e. The molecule has 0 bridgehead atoms. The summed E-state index contributed by atoms with van der Waals surface area (Å²) >= 11 is 0. The molecule has 1 aromatic rings. The fourth-order valence-electron chi connectivity index (χ4n) is 1.53. The van der Waals surface area contributed by atoms with E-state index in [2.05, 4.69) is 0 Å². The summed E-state index contributed by atoms with van der Waals surface area (Å²) in [6.07, 6.45) is -7.29. The summed E-state index contributed by atoms with van der Waals surface area (Å²) in [6.45, 7) is -0.156. The number of aliphatic hydroxyl groups excluding tert-OH is 1. The summed E-state index contributed by atoms with van der Waals surface area (Å²) in [6, 6.07) is 6.53. The molecule has 0 aliphatic carbocycles. The molecule has 0 saturated heterocycles. The van der Waals surface area contributed by atoms with E-state index in [1.54, 1.807) is 12.1 Å². The van der Waals surface area contributed by atoms with E-state index in [0.29, 0.717) is 6.54 Å². The molecule has 0 heterocycles. The van der Waals surface area contributed by atoms with Gasteiger partial charge in [-0.1, -0.05) is 12.1 Å². The highest BCUT2D eigenvalue weighted by atomic mass is 19.4. The number of alkyl halides is 3. The number of amides is 1. The van der Waals surface area contributed by atoms with Crippen molar-refractivity contribution in [3.05, 3.63) is 35.4 Å². The first kappa shape index (κ1) is 16.5. The van der Waals surface area contributed by atoms with Crippen molar-refractivity contribution in [1.82, 2.24) is 10.2 Å². The highest BCUT2D eigenvalue weighted by Gasteiger charge is 2.38. The zero-order valence-electron chi connectivity index (χ0n) is 11.2. The number of hydrogen-bond acceptors (Lipinski definition) is 3. The van der Waals surface area contributed by atoms with E-state index in [0.717, 1.165) is 5.56 Å². The third kappa shape index (κ3) is 5.18. The summed E-state index contributed by atoms with van der Waals surface area (Å²) in [7, 11) is 3.80. The third-order valence-electron chi connectivity index (χ3n) is 2.55. The van der Waals surface area contributed by atoms with Gasteiger partial charge >= 0.3 is 6.18 Å². The smallest absolute Gasteiger partial charge is 0.382 e. The maximum Gasteiger partial charge on any atom is 0.416 e. The van der Waals surface area contributed by atoms with Crippen LogP contribution in [0.2, 0.25) is 0 Å². The molecule has 0 fully saturated rings. The Morgan fingerprint density at radius 1 is 1.30 bits per heavy atom. The highest BCUT2D eigenvalue weighted by Crippen LogP contribution is 2.19. The molecule has 1 amide bonds. The molecule has 2 N–H and O–H groups in total. The van der Waals surface area contributed by atoms with Crippen LogP contribution < -0.4 is 5.32 Å². The van der Waals surface area contributed by atoms with Crippen molar-refractivity contribution in [2.45, 2.75) is 18.8 Å². The van der Waals surface area contributed by atoms with Gasteiger partial charge in [-0.15, -0.1) is 0 Å². The van der Waals surface area contributed by atoms with Crippen molar-refractivity contribution in [1.29, 1.82) is 0 Å². The molecule has 0 saturated carbocycles. The minimum atomic E-state index is -4.73. The molecular formula is C13H17F3N2O2. The SMILES string of the molecule is CN(C)Cc1ccc(C(=O)NCC(O)C(F)(F)F)cc1. The van der Waals surface area contributed by atoms with Crippen molar-refractivity contribution in [3.63, 3.8) is 0 Å². The molecular weight excluding hydrogens is 273 g/mol. The molecule has 4 nitrogen and oxygen atoms in total. The number of rotatable bonds is 5. The van der Waals surface area contributed by atoms with Crippen LogP contribution in [0.25, 0.3) is 0 Å². The fourth-order valence-corrected chi connectivity index (χ4v) is 1.53. The van der Waals surface area contributed by atoms with Crippen LogP contribution in [0.5, 0.6) is 0 Å². The molecule has 1 rings (SSSR count). The first-order valence-corrected chi connectivity index (χ1v) is 5.97. The molecule has 20 heavy (non-hydrogen) atoms. The van der Waals surface area contributed by atoms with Gasteiger partial charge < -0.3 is 15.3 Å². The van der Waals surface area contributed by atoms with E-state index < -0.39 is 24.7 Å². The van der Waals surface area contributed by atoms with Gasteiger partial charge in [-0.3, -0.25) is 4.79 Å². The summed E-state index contributed by atoms with van der Waals surface area (Å²) in [5, 5.41) is 10.8. The standard InChI is InChI=1S/C13H17F3N2O2/c1-18(2)8-9-3-5-10(6-4-9)12(20)17-7-11(19)13(14,15)16/h3-6,11,19H,7-8H2,1-2H3,(H,17,20). The Hall–Kier alpha value is -1.60. The van der Waals surface area contributed by atoms with Gasteiger partial charge in [0.2, 0.25) is 0 Å². The van der Waals surface area contributed by atoms with Gasteiger partial charge in [0, 0.05) is 12.1 Å². The van der Waals surface area contributed by atoms with Crippen LogP contribution in [0.3, 0.4) is 0 Å². The van der Waals surface area contributed by atoms with E-state index >= 15 is 0 Å². The van der Waals surface area contributed by atoms with Crippen LogP contribution in [-0.4, -0.2) is 48.8 Å². The van der Waals surface area contributed by atoms with Gasteiger partial charge in [0.15, 0.2) is 6.10 Å². The van der Waals surface area contributed by atoms with E-state index in [-0.39, 0.29) is 5.56 Å². The van der Waals surface area contributed by atoms with Gasteiger partial charge in [-0.2, -0.15) is 13.2 Å². The Kier molecular flexibility index (Phi) is 5.52. The third-order valence-corrected chi connectivity index (χ3v) is 2.55. The lowest BCUT2D eigenvalue weighted by molar-refractivity contribution is -0.201. The Morgan fingerprint density at radius 2 is 1.85 bits per heavy atom. The Labute approximate surface area is 115 Å². The van der Waals surface area contributed by atoms with E-state index in [1.165, 1.54) is 12.1 Å². The minimum absolute atomic E-state index is 0.252. The first-order chi connectivity index (χ1) is 9.20. The zero-order valence-corrected chi connectivity index (χ0v) is 11.2. The lowest BCUT2D eigenvalue weighted by Crippen LogP contribution is -2.40. The topological polar surface area (TPSA) is 52.6 Å². The predicted molar refractivity (Wildman–Crippen MR) is 68.2 cm³/mol. The summed E-state index contributed by atoms with van der Waals surface area (Å²) in [5.41, 5.74) is 1.24. The number of benzene rings is 1. The average molecular weight is 290 g/mol. The van der Waals surface area contributed by atoms with Crippen molar-refractivity contribution in [3.8, 4) is 0 Å². The van der Waals surface area contributed by atoms with Crippen LogP contribution in [0.15, 0.2) is 24.3 Å². The lowest BCUT2D eigenvalue weighted by atomic mass is 10.1. The van der Waals surface area contributed by atoms with Crippen LogP contribution in [0, 0.1) is 0 Å². The van der Waals surface area contributed by atoms with E-state index in [4.69, 9.17) is 5.11 Å². The molecule has 1 atom stereocenters. The van der Waals surface area contributed by atoms with Gasteiger partial charge in [-0.25, -0.2) is 0 Å². The van der Waals surface area contributed by atoms with Crippen LogP contribution in [0.4, 0.5) is 13.2 Å². The van der Waals surface area contributed by atoms with Gasteiger partial charge in [-0.05, 0) is 31.8 Å². The Bertz CT molecular complexity index is 444. The first-order valence-electron chi connectivity index (χ1n) is 5.97. The zero-order chi connectivity index (χ0) is 15.3. The number of nitrogens with one attached hydrogen (secondary N) is 1. The monoisotopic (exact) mass is 290 g/mol. The average Bonchev–Trinajstić information content (AvgIpc) is 2.34. The molecule has 0 aliphatic rings. The van der Waals surface area contributed by atoms with E-state index in [1.807, 2.05) is 24.3 Å². The summed E-state index contributed by atoms with van der Waals surface area (Å²) < 4.78 is 36.2.